The average molecular weight is 655 g/mol. The summed E-state index contributed by atoms with van der Waals surface area (Å²) in [6.45, 7) is 4.91. The third kappa shape index (κ3) is 7.97. The van der Waals surface area contributed by atoms with Gasteiger partial charge in [0.15, 0.2) is 0 Å². The van der Waals surface area contributed by atoms with E-state index in [1.807, 2.05) is 13.8 Å². The maximum atomic E-state index is 13.9. The van der Waals surface area contributed by atoms with Gasteiger partial charge in [0.05, 0.1) is 20.6 Å². The van der Waals surface area contributed by atoms with Crippen molar-refractivity contribution in [2.75, 3.05) is 10.8 Å². The number of rotatable bonds is 11. The number of hydrogen-bond donors (Lipinski definition) is 1. The molecule has 7 nitrogen and oxygen atoms in total. The number of hydrogen-bond acceptors (Lipinski definition) is 4. The van der Waals surface area contributed by atoms with E-state index in [0.717, 1.165) is 4.31 Å². The van der Waals surface area contributed by atoms with Gasteiger partial charge in [0.2, 0.25) is 11.8 Å². The fraction of sp³-hybridized carbons (Fsp3) is 0.286. The number of amides is 2. The molecular weight excluding hydrogens is 625 g/mol. The van der Waals surface area contributed by atoms with Crippen molar-refractivity contribution in [1.82, 2.24) is 10.2 Å². The molecule has 0 aromatic heterocycles. The zero-order valence-electron chi connectivity index (χ0n) is 21.8. The lowest BCUT2D eigenvalue weighted by Crippen LogP contribution is -2.52. The number of nitrogens with zero attached hydrogens (tertiary/aromatic N) is 2. The van der Waals surface area contributed by atoms with E-state index in [1.54, 1.807) is 67.6 Å². The SMILES string of the molecule is CCC(C)NC(=O)C(C)N(Cc1ccc(Cl)c(Cl)c1)C(=O)CN(c1cccc(Br)c1)S(=O)(=O)c1ccccc1. The zero-order valence-corrected chi connectivity index (χ0v) is 25.7. The summed E-state index contributed by atoms with van der Waals surface area (Å²) in [5.74, 6) is -0.912. The summed E-state index contributed by atoms with van der Waals surface area (Å²) in [5, 5.41) is 3.56. The fourth-order valence-electron chi connectivity index (χ4n) is 3.76. The maximum Gasteiger partial charge on any atom is 0.264 e. The normalized spacial score (nSPS) is 12.9. The number of carbonyl (C=O) groups excluding carboxylic acids is 2. The van der Waals surface area contributed by atoms with Crippen LogP contribution in [0.2, 0.25) is 10.0 Å². The Bertz CT molecular complexity index is 1420. The molecule has 2 atom stereocenters. The van der Waals surface area contributed by atoms with Gasteiger partial charge in [0.25, 0.3) is 10.0 Å². The van der Waals surface area contributed by atoms with Crippen molar-refractivity contribution in [2.24, 2.45) is 0 Å². The molecule has 0 aliphatic heterocycles. The summed E-state index contributed by atoms with van der Waals surface area (Å²) in [4.78, 5) is 28.4. The lowest BCUT2D eigenvalue weighted by Gasteiger charge is -2.32. The van der Waals surface area contributed by atoms with Gasteiger partial charge in [-0.15, -0.1) is 0 Å². The van der Waals surface area contributed by atoms with Gasteiger partial charge in [-0.2, -0.15) is 0 Å². The van der Waals surface area contributed by atoms with Crippen LogP contribution in [0.4, 0.5) is 5.69 Å². The van der Waals surface area contributed by atoms with Gasteiger partial charge in [-0.25, -0.2) is 8.42 Å². The Morgan fingerprint density at radius 3 is 2.26 bits per heavy atom. The van der Waals surface area contributed by atoms with Gasteiger partial charge in [0, 0.05) is 17.1 Å². The first-order valence-corrected chi connectivity index (χ1v) is 15.3. The summed E-state index contributed by atoms with van der Waals surface area (Å²) in [6, 6.07) is 18.5. The molecule has 3 aromatic carbocycles. The highest BCUT2D eigenvalue weighted by atomic mass is 79.9. The van der Waals surface area contributed by atoms with Crippen LogP contribution in [0.5, 0.6) is 0 Å². The number of anilines is 1. The highest BCUT2D eigenvalue weighted by molar-refractivity contribution is 9.10. The van der Waals surface area contributed by atoms with Crippen LogP contribution in [0, 0.1) is 0 Å². The second kappa shape index (κ2) is 13.7. The molecular formula is C28H30BrCl2N3O4S. The van der Waals surface area contributed by atoms with Crippen molar-refractivity contribution in [2.45, 2.75) is 50.7 Å². The van der Waals surface area contributed by atoms with E-state index in [2.05, 4.69) is 21.2 Å². The second-order valence-corrected chi connectivity index (χ2v) is 12.7. The number of halogens is 3. The molecule has 1 N–H and O–H groups in total. The molecule has 2 amide bonds. The van der Waals surface area contributed by atoms with Crippen molar-refractivity contribution in [3.63, 3.8) is 0 Å². The topological polar surface area (TPSA) is 86.8 Å². The van der Waals surface area contributed by atoms with Crippen LogP contribution in [0.25, 0.3) is 0 Å². The van der Waals surface area contributed by atoms with Gasteiger partial charge in [-0.3, -0.25) is 13.9 Å². The minimum atomic E-state index is -4.13. The van der Waals surface area contributed by atoms with Crippen LogP contribution in [0.15, 0.2) is 82.2 Å². The van der Waals surface area contributed by atoms with Crippen LogP contribution in [-0.2, 0) is 26.2 Å². The average Bonchev–Trinajstić information content (AvgIpc) is 2.92. The summed E-state index contributed by atoms with van der Waals surface area (Å²) < 4.78 is 29.2. The summed E-state index contributed by atoms with van der Waals surface area (Å²) in [7, 11) is -4.13. The molecule has 0 bridgehead atoms. The molecule has 0 spiro atoms. The Morgan fingerprint density at radius 1 is 0.949 bits per heavy atom. The van der Waals surface area contributed by atoms with E-state index in [-0.39, 0.29) is 23.4 Å². The molecule has 0 heterocycles. The quantitative estimate of drug-likeness (QED) is 0.264. The molecule has 0 saturated carbocycles. The lowest BCUT2D eigenvalue weighted by atomic mass is 10.1. The lowest BCUT2D eigenvalue weighted by molar-refractivity contribution is -0.139. The molecule has 208 valence electrons. The number of carbonyl (C=O) groups is 2. The first-order chi connectivity index (χ1) is 18.4. The van der Waals surface area contributed by atoms with Crippen molar-refractivity contribution < 1.29 is 18.0 Å². The zero-order chi connectivity index (χ0) is 28.7. The van der Waals surface area contributed by atoms with Gasteiger partial charge in [-0.1, -0.05) is 76.4 Å². The molecule has 3 rings (SSSR count). The Morgan fingerprint density at radius 2 is 1.64 bits per heavy atom. The number of sulfonamides is 1. The van der Waals surface area contributed by atoms with Crippen LogP contribution in [0.1, 0.15) is 32.8 Å². The van der Waals surface area contributed by atoms with E-state index in [0.29, 0.717) is 32.2 Å². The third-order valence-electron chi connectivity index (χ3n) is 6.21. The van der Waals surface area contributed by atoms with E-state index in [4.69, 9.17) is 23.2 Å². The van der Waals surface area contributed by atoms with Crippen LogP contribution >= 0.6 is 39.1 Å². The Hall–Kier alpha value is -2.59. The largest absolute Gasteiger partial charge is 0.352 e. The minimum absolute atomic E-state index is 0.0164. The van der Waals surface area contributed by atoms with Gasteiger partial charge in [-0.05, 0) is 68.3 Å². The first kappa shape index (κ1) is 30.9. The molecule has 0 saturated heterocycles. The molecule has 0 aliphatic rings. The van der Waals surface area contributed by atoms with Crippen molar-refractivity contribution in [3.05, 3.63) is 92.9 Å². The Balaban J connectivity index is 2.03. The summed E-state index contributed by atoms with van der Waals surface area (Å²) in [6.07, 6.45) is 0.713. The second-order valence-electron chi connectivity index (χ2n) is 9.07. The molecule has 0 aliphatic carbocycles. The number of nitrogens with one attached hydrogen (secondary N) is 1. The Labute approximate surface area is 248 Å². The van der Waals surface area contributed by atoms with E-state index in [1.165, 1.54) is 17.0 Å². The van der Waals surface area contributed by atoms with E-state index < -0.39 is 28.5 Å². The van der Waals surface area contributed by atoms with Crippen LogP contribution in [-0.4, -0.2) is 43.8 Å². The molecule has 39 heavy (non-hydrogen) atoms. The van der Waals surface area contributed by atoms with E-state index >= 15 is 0 Å². The molecule has 2 unspecified atom stereocenters. The van der Waals surface area contributed by atoms with Crippen molar-refractivity contribution in [3.8, 4) is 0 Å². The number of benzene rings is 3. The van der Waals surface area contributed by atoms with Crippen molar-refractivity contribution in [1.29, 1.82) is 0 Å². The van der Waals surface area contributed by atoms with Crippen LogP contribution in [0.3, 0.4) is 0 Å². The first-order valence-electron chi connectivity index (χ1n) is 12.3. The fourth-order valence-corrected chi connectivity index (χ4v) is 5.90. The van der Waals surface area contributed by atoms with E-state index in [9.17, 15) is 18.0 Å². The van der Waals surface area contributed by atoms with Gasteiger partial charge >= 0.3 is 0 Å². The minimum Gasteiger partial charge on any atom is -0.352 e. The summed E-state index contributed by atoms with van der Waals surface area (Å²) in [5.41, 5.74) is 0.939. The van der Waals surface area contributed by atoms with Gasteiger partial charge < -0.3 is 10.2 Å². The molecule has 11 heteroatoms. The monoisotopic (exact) mass is 653 g/mol. The maximum absolute atomic E-state index is 13.9. The Kier molecular flexibility index (Phi) is 10.8. The van der Waals surface area contributed by atoms with Gasteiger partial charge in [0.1, 0.15) is 12.6 Å². The molecule has 3 aromatic rings. The summed E-state index contributed by atoms with van der Waals surface area (Å²) >= 11 is 15.7. The molecule has 0 fully saturated rings. The predicted molar refractivity (Wildman–Crippen MR) is 159 cm³/mol. The highest BCUT2D eigenvalue weighted by Gasteiger charge is 2.32. The molecule has 0 radical (unpaired) electrons. The highest BCUT2D eigenvalue weighted by Crippen LogP contribution is 2.28. The smallest absolute Gasteiger partial charge is 0.264 e. The van der Waals surface area contributed by atoms with Crippen molar-refractivity contribution >= 4 is 66.7 Å². The standard InChI is InChI=1S/C28H30BrCl2N3O4S/c1-4-19(2)32-28(36)20(3)33(17-21-13-14-25(30)26(31)15-21)27(35)18-34(23-10-8-9-22(29)16-23)39(37,38)24-11-6-5-7-12-24/h5-16,19-20H,4,17-18H2,1-3H3,(H,32,36). The third-order valence-corrected chi connectivity index (χ3v) is 9.23. The van der Waals surface area contributed by atoms with Crippen LogP contribution < -0.4 is 9.62 Å². The predicted octanol–water partition coefficient (Wildman–Crippen LogP) is 6.28.